The maximum Gasteiger partial charge on any atom is 0.126 e. The van der Waals surface area contributed by atoms with Crippen molar-refractivity contribution in [2.45, 2.75) is 83.2 Å². The van der Waals surface area contributed by atoms with E-state index in [4.69, 9.17) is 4.74 Å². The molecule has 0 aromatic heterocycles. The van der Waals surface area contributed by atoms with Crippen molar-refractivity contribution in [3.63, 3.8) is 0 Å². The molecule has 5 unspecified atom stereocenters. The molecule has 0 amide bonds. The van der Waals surface area contributed by atoms with Crippen LogP contribution in [0.3, 0.4) is 0 Å². The van der Waals surface area contributed by atoms with Crippen LogP contribution in [0.5, 0.6) is 0 Å². The first-order valence-electron chi connectivity index (χ1n) is 10.5. The van der Waals surface area contributed by atoms with Gasteiger partial charge in [0.2, 0.25) is 0 Å². The fourth-order valence-electron chi connectivity index (χ4n) is 5.87. The van der Waals surface area contributed by atoms with Crippen molar-refractivity contribution in [3.8, 4) is 0 Å². The van der Waals surface area contributed by atoms with Crippen molar-refractivity contribution in [2.24, 2.45) is 17.8 Å². The van der Waals surface area contributed by atoms with Gasteiger partial charge in [-0.2, -0.15) is 0 Å². The number of hydrogen-bond acceptors (Lipinski definition) is 1. The van der Waals surface area contributed by atoms with E-state index in [0.29, 0.717) is 17.9 Å². The lowest BCUT2D eigenvalue weighted by molar-refractivity contribution is 0.0123. The van der Waals surface area contributed by atoms with E-state index in [1.54, 1.807) is 0 Å². The lowest BCUT2D eigenvalue weighted by Gasteiger charge is -2.42. The Kier molecular flexibility index (Phi) is 5.18. The van der Waals surface area contributed by atoms with Gasteiger partial charge in [0, 0.05) is 7.11 Å². The summed E-state index contributed by atoms with van der Waals surface area (Å²) in [4.78, 5) is 0. The number of ether oxygens (including phenoxy) is 1. The molecule has 0 spiro atoms. The van der Waals surface area contributed by atoms with Crippen LogP contribution in [0.4, 0.5) is 4.39 Å². The highest BCUT2D eigenvalue weighted by atomic mass is 19.1. The quantitative estimate of drug-likeness (QED) is 0.649. The molecule has 25 heavy (non-hydrogen) atoms. The molecule has 138 valence electrons. The third-order valence-corrected chi connectivity index (χ3v) is 7.57. The molecular weight excluding hydrogens is 311 g/mol. The van der Waals surface area contributed by atoms with Crippen LogP contribution in [0, 0.1) is 23.6 Å². The molecule has 3 aliphatic rings. The van der Waals surface area contributed by atoms with Gasteiger partial charge in [0.25, 0.3) is 0 Å². The molecule has 2 heteroatoms. The van der Waals surface area contributed by atoms with E-state index in [1.807, 2.05) is 13.2 Å². The van der Waals surface area contributed by atoms with Crippen molar-refractivity contribution in [1.29, 1.82) is 0 Å². The van der Waals surface area contributed by atoms with Crippen molar-refractivity contribution < 1.29 is 9.13 Å². The zero-order valence-corrected chi connectivity index (χ0v) is 15.9. The number of halogens is 1. The molecule has 3 aliphatic carbocycles. The molecule has 0 aliphatic heterocycles. The molecule has 2 saturated carbocycles. The molecule has 1 aromatic rings. The van der Waals surface area contributed by atoms with Crippen LogP contribution in [0.2, 0.25) is 0 Å². The van der Waals surface area contributed by atoms with E-state index >= 15 is 0 Å². The summed E-state index contributed by atoms with van der Waals surface area (Å²) in [5, 5.41) is 0. The van der Waals surface area contributed by atoms with Gasteiger partial charge in [-0.3, -0.25) is 0 Å². The van der Waals surface area contributed by atoms with Gasteiger partial charge in [-0.15, -0.1) is 0 Å². The van der Waals surface area contributed by atoms with Crippen LogP contribution in [0.25, 0.3) is 0 Å². The van der Waals surface area contributed by atoms with Crippen molar-refractivity contribution in [3.05, 3.63) is 34.6 Å². The SMILES string of the molecule is CCC1CCc2cc(C3CCC4CC(OC)CCC4C3)cc(F)c2C1. The third kappa shape index (κ3) is 3.52. The highest BCUT2D eigenvalue weighted by Gasteiger charge is 2.36. The Balaban J connectivity index is 1.49. The minimum Gasteiger partial charge on any atom is -0.381 e. The van der Waals surface area contributed by atoms with Crippen LogP contribution in [-0.4, -0.2) is 13.2 Å². The molecule has 0 radical (unpaired) electrons. The summed E-state index contributed by atoms with van der Waals surface area (Å²) in [6, 6.07) is 4.26. The minimum atomic E-state index is 0.0795. The monoisotopic (exact) mass is 344 g/mol. The summed E-state index contributed by atoms with van der Waals surface area (Å²) in [6.07, 6.45) is 12.5. The Bertz CT molecular complexity index is 610. The first-order chi connectivity index (χ1) is 12.2. The van der Waals surface area contributed by atoms with Crippen LogP contribution >= 0.6 is 0 Å². The maximum absolute atomic E-state index is 14.8. The lowest BCUT2D eigenvalue weighted by atomic mass is 9.65. The van der Waals surface area contributed by atoms with Crippen molar-refractivity contribution in [1.82, 2.24) is 0 Å². The number of methoxy groups -OCH3 is 1. The number of hydrogen-bond donors (Lipinski definition) is 0. The Labute approximate surface area is 152 Å². The second kappa shape index (κ2) is 7.39. The molecule has 0 heterocycles. The van der Waals surface area contributed by atoms with Crippen molar-refractivity contribution >= 4 is 0 Å². The number of benzene rings is 1. The van der Waals surface area contributed by atoms with Gasteiger partial charge in [-0.05, 0) is 104 Å². The fourth-order valence-corrected chi connectivity index (χ4v) is 5.87. The van der Waals surface area contributed by atoms with E-state index in [1.165, 1.54) is 62.5 Å². The lowest BCUT2D eigenvalue weighted by Crippen LogP contribution is -2.33. The molecule has 1 aromatic carbocycles. The topological polar surface area (TPSA) is 9.23 Å². The molecule has 2 fully saturated rings. The maximum atomic E-state index is 14.8. The van der Waals surface area contributed by atoms with E-state index in [2.05, 4.69) is 13.0 Å². The summed E-state index contributed by atoms with van der Waals surface area (Å²) in [7, 11) is 1.86. The molecule has 0 N–H and O–H groups in total. The largest absolute Gasteiger partial charge is 0.381 e. The van der Waals surface area contributed by atoms with Gasteiger partial charge in [0.05, 0.1) is 6.10 Å². The first-order valence-corrected chi connectivity index (χ1v) is 10.5. The van der Waals surface area contributed by atoms with Gasteiger partial charge < -0.3 is 4.74 Å². The van der Waals surface area contributed by atoms with Crippen LogP contribution in [0.15, 0.2) is 12.1 Å². The van der Waals surface area contributed by atoms with E-state index in [-0.39, 0.29) is 5.82 Å². The average Bonchev–Trinajstić information content (AvgIpc) is 2.66. The second-order valence-electron chi connectivity index (χ2n) is 8.86. The second-order valence-corrected chi connectivity index (χ2v) is 8.86. The van der Waals surface area contributed by atoms with Crippen LogP contribution < -0.4 is 0 Å². The van der Waals surface area contributed by atoms with Crippen molar-refractivity contribution in [2.75, 3.05) is 7.11 Å². The third-order valence-electron chi connectivity index (χ3n) is 7.57. The summed E-state index contributed by atoms with van der Waals surface area (Å²) >= 11 is 0. The number of fused-ring (bicyclic) bond motifs is 2. The zero-order chi connectivity index (χ0) is 17.4. The number of rotatable bonds is 3. The highest BCUT2D eigenvalue weighted by molar-refractivity contribution is 5.37. The molecule has 1 nitrogen and oxygen atoms in total. The molecule has 4 rings (SSSR count). The molecular formula is C23H33FO. The standard InChI is InChI=1S/C23H33FO/c1-3-15-4-5-19-12-20(14-23(24)22(19)10-15)17-6-7-18-13-21(25-2)9-8-16(18)11-17/h12,14-18,21H,3-11,13H2,1-2H3. The summed E-state index contributed by atoms with van der Waals surface area (Å²) in [5.41, 5.74) is 3.62. The van der Waals surface area contributed by atoms with Gasteiger partial charge >= 0.3 is 0 Å². The number of aryl methyl sites for hydroxylation is 1. The molecule has 0 saturated heterocycles. The Morgan fingerprint density at radius 2 is 1.84 bits per heavy atom. The average molecular weight is 345 g/mol. The Hall–Kier alpha value is -0.890. The van der Waals surface area contributed by atoms with Gasteiger partial charge in [-0.1, -0.05) is 19.4 Å². The minimum absolute atomic E-state index is 0.0795. The van der Waals surface area contributed by atoms with E-state index in [0.717, 1.165) is 30.2 Å². The first kappa shape index (κ1) is 17.5. The predicted octanol–water partition coefficient (Wildman–Crippen LogP) is 6.04. The normalized spacial score (nSPS) is 35.1. The summed E-state index contributed by atoms with van der Waals surface area (Å²) in [6.45, 7) is 2.23. The van der Waals surface area contributed by atoms with E-state index in [9.17, 15) is 4.39 Å². The molecule has 5 atom stereocenters. The van der Waals surface area contributed by atoms with Crippen LogP contribution in [-0.2, 0) is 17.6 Å². The predicted molar refractivity (Wildman–Crippen MR) is 100 cm³/mol. The molecule has 0 bridgehead atoms. The van der Waals surface area contributed by atoms with Gasteiger partial charge in [0.1, 0.15) is 5.82 Å². The van der Waals surface area contributed by atoms with E-state index < -0.39 is 0 Å². The Morgan fingerprint density at radius 1 is 1.04 bits per heavy atom. The Morgan fingerprint density at radius 3 is 2.64 bits per heavy atom. The summed E-state index contributed by atoms with van der Waals surface area (Å²) < 4.78 is 20.4. The smallest absolute Gasteiger partial charge is 0.126 e. The fraction of sp³-hybridized carbons (Fsp3) is 0.739. The summed E-state index contributed by atoms with van der Waals surface area (Å²) in [5.74, 6) is 3.00. The van der Waals surface area contributed by atoms with Crippen LogP contribution in [0.1, 0.15) is 80.9 Å². The van der Waals surface area contributed by atoms with Gasteiger partial charge in [-0.25, -0.2) is 4.39 Å². The highest BCUT2D eigenvalue weighted by Crippen LogP contribution is 2.47. The zero-order valence-electron chi connectivity index (χ0n) is 15.9. The van der Waals surface area contributed by atoms with Gasteiger partial charge in [0.15, 0.2) is 0 Å².